The molecule has 4 rings (SSSR count). The molecule has 2 unspecified atom stereocenters. The smallest absolute Gasteiger partial charge is 0.426 e. The summed E-state index contributed by atoms with van der Waals surface area (Å²) in [5.41, 5.74) is -7.12. The van der Waals surface area contributed by atoms with Crippen LogP contribution in [0.15, 0.2) is 10.5 Å². The molecule has 41 heavy (non-hydrogen) atoms. The highest BCUT2D eigenvalue weighted by molar-refractivity contribution is 5.90. The molecule has 2 aliphatic rings. The van der Waals surface area contributed by atoms with Crippen LogP contribution in [-0.4, -0.2) is 50.7 Å². The fourth-order valence-corrected chi connectivity index (χ4v) is 5.31. The van der Waals surface area contributed by atoms with Gasteiger partial charge in [-0.05, 0) is 57.9 Å². The van der Waals surface area contributed by atoms with Gasteiger partial charge < -0.3 is 19.2 Å². The maximum absolute atomic E-state index is 14.5. The minimum absolute atomic E-state index is 0.0490. The maximum Gasteiger partial charge on any atom is 0.426 e. The Morgan fingerprint density at radius 3 is 2.41 bits per heavy atom. The summed E-state index contributed by atoms with van der Waals surface area (Å²) < 4.78 is 96.0. The van der Waals surface area contributed by atoms with E-state index in [0.29, 0.717) is 25.3 Å². The number of amides is 1. The highest BCUT2D eigenvalue weighted by Gasteiger charge is 2.58. The number of fused-ring (bicyclic) bond motifs is 7. The Hall–Kier alpha value is -3.10. The molecule has 2 aromatic heterocycles. The van der Waals surface area contributed by atoms with Gasteiger partial charge in [0.05, 0.1) is 5.69 Å². The topological polar surface area (TPSA) is 114 Å². The van der Waals surface area contributed by atoms with Crippen LogP contribution in [0.1, 0.15) is 84.6 Å². The lowest BCUT2D eigenvalue weighted by Gasteiger charge is -2.30. The van der Waals surface area contributed by atoms with Crippen molar-refractivity contribution in [3.05, 3.63) is 17.5 Å². The third kappa shape index (κ3) is 6.54. The molecule has 2 aromatic rings. The summed E-state index contributed by atoms with van der Waals surface area (Å²) in [7, 11) is 0. The van der Waals surface area contributed by atoms with Crippen molar-refractivity contribution in [2.75, 3.05) is 16.8 Å². The number of carbonyl (C=O) groups is 1. The molecular formula is C26H33F6N5O4. The van der Waals surface area contributed by atoms with Crippen molar-refractivity contribution in [1.82, 2.24) is 15.2 Å². The number of hydrogen-bond donors (Lipinski definition) is 2. The summed E-state index contributed by atoms with van der Waals surface area (Å²) in [5, 5.41) is 19.9. The predicted octanol–water partition coefficient (Wildman–Crippen LogP) is 6.82. The summed E-state index contributed by atoms with van der Waals surface area (Å²) in [6, 6.07) is 0.245. The van der Waals surface area contributed by atoms with Crippen molar-refractivity contribution in [2.24, 2.45) is 5.41 Å². The number of halogens is 6. The van der Waals surface area contributed by atoms with Crippen LogP contribution in [0.4, 0.5) is 42.6 Å². The van der Waals surface area contributed by atoms with Crippen LogP contribution in [0, 0.1) is 5.41 Å². The van der Waals surface area contributed by atoms with Crippen LogP contribution in [0.5, 0.6) is 0 Å². The second-order valence-corrected chi connectivity index (χ2v) is 12.4. The summed E-state index contributed by atoms with van der Waals surface area (Å²) >= 11 is 0. The zero-order chi connectivity index (χ0) is 30.6. The Morgan fingerprint density at radius 2 is 1.80 bits per heavy atom. The first-order valence-electron chi connectivity index (χ1n) is 13.2. The standard InChI is InChI=1S/C26H33F6N5O4/c1-22(2,3)41-21(38)33-16-11-15(25(27,28)29)18-34-17(16)19-35-36-20(40-19)24(39,26(30,31)32)10-8-6-7-9-14-12-23(4,5)13-37(14)18/h11,14,39H,6-10,12-13H2,1-5H3,(H,33,38). The van der Waals surface area contributed by atoms with Gasteiger partial charge in [0.25, 0.3) is 11.8 Å². The summed E-state index contributed by atoms with van der Waals surface area (Å²) in [5.74, 6) is -2.36. The van der Waals surface area contributed by atoms with Crippen molar-refractivity contribution in [1.29, 1.82) is 0 Å². The van der Waals surface area contributed by atoms with Crippen LogP contribution >= 0.6 is 0 Å². The first-order valence-corrected chi connectivity index (χ1v) is 13.2. The number of aromatic nitrogens is 3. The van der Waals surface area contributed by atoms with Gasteiger partial charge in [-0.25, -0.2) is 9.78 Å². The van der Waals surface area contributed by atoms with Crippen molar-refractivity contribution < 1.29 is 45.4 Å². The molecule has 0 spiro atoms. The summed E-state index contributed by atoms with van der Waals surface area (Å²) in [6.45, 7) is 8.67. The van der Waals surface area contributed by atoms with Crippen molar-refractivity contribution in [3.8, 4) is 11.6 Å². The van der Waals surface area contributed by atoms with Crippen molar-refractivity contribution in [2.45, 2.75) is 103 Å². The molecule has 4 heterocycles. The first kappa shape index (κ1) is 30.8. The second-order valence-electron chi connectivity index (χ2n) is 12.4. The van der Waals surface area contributed by atoms with Gasteiger partial charge in [-0.3, -0.25) is 5.32 Å². The van der Waals surface area contributed by atoms with Crippen LogP contribution in [0.2, 0.25) is 0 Å². The Balaban J connectivity index is 1.96. The van der Waals surface area contributed by atoms with Crippen molar-refractivity contribution in [3.63, 3.8) is 0 Å². The molecular weight excluding hydrogens is 560 g/mol. The highest BCUT2D eigenvalue weighted by Crippen LogP contribution is 2.47. The third-order valence-corrected chi connectivity index (χ3v) is 7.07. The van der Waals surface area contributed by atoms with E-state index >= 15 is 0 Å². The number of rotatable bonds is 1. The van der Waals surface area contributed by atoms with E-state index in [4.69, 9.17) is 9.15 Å². The number of nitrogens with one attached hydrogen (secondary N) is 1. The van der Waals surface area contributed by atoms with E-state index in [2.05, 4.69) is 20.5 Å². The molecule has 15 heteroatoms. The van der Waals surface area contributed by atoms with E-state index in [-0.39, 0.29) is 30.8 Å². The lowest BCUT2D eigenvalue weighted by molar-refractivity contribution is -0.277. The van der Waals surface area contributed by atoms with Gasteiger partial charge in [-0.15, -0.1) is 10.2 Å². The number of nitrogens with zero attached hydrogens (tertiary/aromatic N) is 4. The number of carbonyl (C=O) groups excluding carboxylic acids is 1. The van der Waals surface area contributed by atoms with Crippen molar-refractivity contribution >= 4 is 17.6 Å². The molecule has 0 aliphatic carbocycles. The van der Waals surface area contributed by atoms with Gasteiger partial charge in [0.1, 0.15) is 17.0 Å². The molecule has 4 bridgehead atoms. The number of hydrogen-bond acceptors (Lipinski definition) is 8. The number of alkyl halides is 6. The molecule has 1 amide bonds. The zero-order valence-corrected chi connectivity index (χ0v) is 23.3. The minimum Gasteiger partial charge on any atom is -0.444 e. The molecule has 2 N–H and O–H groups in total. The Labute approximate surface area is 232 Å². The van der Waals surface area contributed by atoms with Gasteiger partial charge in [0.15, 0.2) is 5.69 Å². The van der Waals surface area contributed by atoms with Gasteiger partial charge in [-0.1, -0.05) is 26.7 Å². The van der Waals surface area contributed by atoms with Crippen LogP contribution < -0.4 is 10.2 Å². The molecule has 0 aromatic carbocycles. The quantitative estimate of drug-likeness (QED) is 0.347. The van der Waals surface area contributed by atoms with Crippen LogP contribution in [0.3, 0.4) is 0 Å². The van der Waals surface area contributed by atoms with E-state index < -0.39 is 70.6 Å². The van der Waals surface area contributed by atoms with E-state index in [1.807, 2.05) is 13.8 Å². The first-order chi connectivity index (χ1) is 18.7. The Kier molecular flexibility index (Phi) is 7.76. The third-order valence-electron chi connectivity index (χ3n) is 7.07. The normalized spacial score (nSPS) is 23.5. The Bertz CT molecular complexity index is 1290. The van der Waals surface area contributed by atoms with Crippen LogP contribution in [-0.2, 0) is 16.5 Å². The predicted molar refractivity (Wildman–Crippen MR) is 135 cm³/mol. The van der Waals surface area contributed by atoms with Gasteiger partial charge >= 0.3 is 18.4 Å². The fourth-order valence-electron chi connectivity index (χ4n) is 5.31. The molecule has 2 aliphatic heterocycles. The largest absolute Gasteiger partial charge is 0.444 e. The van der Waals surface area contributed by atoms with Gasteiger partial charge in [0.2, 0.25) is 5.60 Å². The Morgan fingerprint density at radius 1 is 1.12 bits per heavy atom. The molecule has 1 fully saturated rings. The van der Waals surface area contributed by atoms with Gasteiger partial charge in [-0.2, -0.15) is 26.3 Å². The number of pyridine rings is 1. The maximum atomic E-state index is 14.5. The monoisotopic (exact) mass is 593 g/mol. The number of ether oxygens (including phenoxy) is 1. The van der Waals surface area contributed by atoms with E-state index in [9.17, 15) is 36.2 Å². The molecule has 0 radical (unpaired) electrons. The lowest BCUT2D eigenvalue weighted by atomic mass is 9.89. The zero-order valence-electron chi connectivity index (χ0n) is 23.3. The number of anilines is 2. The molecule has 2 atom stereocenters. The second kappa shape index (κ2) is 10.3. The van der Waals surface area contributed by atoms with Gasteiger partial charge in [0, 0.05) is 12.6 Å². The lowest BCUT2D eigenvalue weighted by Crippen LogP contribution is -2.42. The summed E-state index contributed by atoms with van der Waals surface area (Å²) in [6.07, 6.45) is -10.4. The summed E-state index contributed by atoms with van der Waals surface area (Å²) in [4.78, 5) is 18.3. The van der Waals surface area contributed by atoms with Crippen LogP contribution in [0.25, 0.3) is 11.6 Å². The molecule has 9 nitrogen and oxygen atoms in total. The number of aliphatic hydroxyl groups is 1. The average molecular weight is 594 g/mol. The van der Waals surface area contributed by atoms with E-state index in [1.54, 1.807) is 4.90 Å². The minimum atomic E-state index is -5.18. The van der Waals surface area contributed by atoms with E-state index in [0.717, 1.165) is 0 Å². The van der Waals surface area contributed by atoms with E-state index in [1.165, 1.54) is 20.8 Å². The fraction of sp³-hybridized carbons (Fsp3) is 0.692. The highest BCUT2D eigenvalue weighted by atomic mass is 19.4. The molecule has 228 valence electrons. The molecule has 0 saturated carbocycles. The average Bonchev–Trinajstić information content (AvgIpc) is 3.40. The SMILES string of the molecule is CC1(C)CC2CCCCCC(O)(C(F)(F)F)c3nnc(o3)-c3nc(c(C(F)(F)F)cc3NC(=O)OC(C)(C)C)N2C1. The molecule has 1 saturated heterocycles.